The van der Waals surface area contributed by atoms with Crippen LogP contribution in [-0.2, 0) is 9.53 Å². The minimum absolute atomic E-state index is 0.00363. The first kappa shape index (κ1) is 17.6. The van der Waals surface area contributed by atoms with E-state index in [1.807, 2.05) is 0 Å². The van der Waals surface area contributed by atoms with Crippen molar-refractivity contribution in [3.8, 4) is 0 Å². The molecule has 2 aromatic rings. The molecule has 0 saturated carbocycles. The Hall–Kier alpha value is -1.71. The predicted octanol–water partition coefficient (Wildman–Crippen LogP) is 3.24. The van der Waals surface area contributed by atoms with Crippen molar-refractivity contribution >= 4 is 51.7 Å². The molecule has 23 heavy (non-hydrogen) atoms. The van der Waals surface area contributed by atoms with Crippen molar-refractivity contribution in [3.63, 3.8) is 0 Å². The van der Waals surface area contributed by atoms with Crippen LogP contribution < -0.4 is 5.32 Å². The van der Waals surface area contributed by atoms with Crippen LogP contribution in [0.2, 0.25) is 5.02 Å². The van der Waals surface area contributed by atoms with Crippen molar-refractivity contribution in [1.29, 1.82) is 0 Å². The number of benzene rings is 1. The highest BCUT2D eigenvalue weighted by Crippen LogP contribution is 2.26. The lowest BCUT2D eigenvalue weighted by atomic mass is 10.2. The summed E-state index contributed by atoms with van der Waals surface area (Å²) in [6, 6.07) is 3.48. The Bertz CT molecular complexity index is 726. The maximum absolute atomic E-state index is 13.0. The monoisotopic (exact) mass is 375 g/mol. The molecule has 122 valence electrons. The second-order valence-corrected chi connectivity index (χ2v) is 6.65. The Balaban J connectivity index is 1.96. The van der Waals surface area contributed by atoms with E-state index in [9.17, 15) is 14.0 Å². The molecule has 1 aromatic heterocycles. The van der Waals surface area contributed by atoms with Crippen LogP contribution >= 0.6 is 34.7 Å². The summed E-state index contributed by atoms with van der Waals surface area (Å²) in [5, 5.41) is 10.4. The number of rotatable bonds is 6. The van der Waals surface area contributed by atoms with E-state index >= 15 is 0 Å². The molecule has 2 rings (SSSR count). The second kappa shape index (κ2) is 8.23. The molecule has 1 N–H and O–H groups in total. The van der Waals surface area contributed by atoms with E-state index in [0.29, 0.717) is 10.9 Å². The standard InChI is InChI=1S/C13H11ClFN3O3S2/c1-2-21-10(19)6-22-13-18-17-12(23-13)16-11(20)8-4-3-7(15)5-9(8)14/h3-5H,2,6H2,1H3,(H,16,17,20). The summed E-state index contributed by atoms with van der Waals surface area (Å²) < 4.78 is 18.3. The van der Waals surface area contributed by atoms with Gasteiger partial charge in [-0.1, -0.05) is 34.7 Å². The first-order valence-corrected chi connectivity index (χ1v) is 8.56. The minimum Gasteiger partial charge on any atom is -0.465 e. The first-order valence-electron chi connectivity index (χ1n) is 6.38. The molecule has 1 amide bonds. The Morgan fingerprint density at radius 3 is 2.91 bits per heavy atom. The van der Waals surface area contributed by atoms with Crippen LogP contribution in [0.4, 0.5) is 9.52 Å². The second-order valence-electron chi connectivity index (χ2n) is 4.05. The van der Waals surface area contributed by atoms with E-state index in [0.717, 1.165) is 35.2 Å². The summed E-state index contributed by atoms with van der Waals surface area (Å²) >= 11 is 8.09. The number of aromatic nitrogens is 2. The molecule has 0 unspecified atom stereocenters. The van der Waals surface area contributed by atoms with Gasteiger partial charge in [0.05, 0.1) is 22.9 Å². The van der Waals surface area contributed by atoms with Crippen molar-refractivity contribution in [2.45, 2.75) is 11.3 Å². The number of thioether (sulfide) groups is 1. The molecule has 0 atom stereocenters. The Labute approximate surface area is 144 Å². The fourth-order valence-corrected chi connectivity index (χ4v) is 3.28. The van der Waals surface area contributed by atoms with Crippen LogP contribution in [0.1, 0.15) is 17.3 Å². The number of anilines is 1. The van der Waals surface area contributed by atoms with Crippen LogP contribution in [-0.4, -0.2) is 34.4 Å². The third-order valence-corrected chi connectivity index (χ3v) is 4.68. The summed E-state index contributed by atoms with van der Waals surface area (Å²) in [5.41, 5.74) is 0.129. The molecule has 0 spiro atoms. The molecule has 0 aliphatic heterocycles. The van der Waals surface area contributed by atoms with Crippen LogP contribution in [0.3, 0.4) is 0 Å². The largest absolute Gasteiger partial charge is 0.465 e. The number of halogens is 2. The molecule has 0 aliphatic carbocycles. The highest BCUT2D eigenvalue weighted by atomic mass is 35.5. The maximum atomic E-state index is 13.0. The predicted molar refractivity (Wildman–Crippen MR) is 86.6 cm³/mol. The summed E-state index contributed by atoms with van der Waals surface area (Å²) in [6.45, 7) is 2.04. The van der Waals surface area contributed by atoms with E-state index in [4.69, 9.17) is 16.3 Å². The van der Waals surface area contributed by atoms with Crippen LogP contribution in [0, 0.1) is 5.82 Å². The number of carbonyl (C=O) groups excluding carboxylic acids is 2. The molecule has 10 heteroatoms. The molecule has 1 heterocycles. The van der Waals surface area contributed by atoms with Gasteiger partial charge in [0.2, 0.25) is 5.13 Å². The van der Waals surface area contributed by atoms with Gasteiger partial charge < -0.3 is 4.74 Å². The van der Waals surface area contributed by atoms with E-state index in [-0.39, 0.29) is 27.4 Å². The van der Waals surface area contributed by atoms with E-state index in [2.05, 4.69) is 15.5 Å². The number of amides is 1. The highest BCUT2D eigenvalue weighted by molar-refractivity contribution is 8.01. The third kappa shape index (κ3) is 5.15. The van der Waals surface area contributed by atoms with Gasteiger partial charge in [-0.3, -0.25) is 14.9 Å². The fraction of sp³-hybridized carbons (Fsp3) is 0.231. The van der Waals surface area contributed by atoms with Crippen molar-refractivity contribution in [2.75, 3.05) is 17.7 Å². The Morgan fingerprint density at radius 2 is 2.22 bits per heavy atom. The van der Waals surface area contributed by atoms with Gasteiger partial charge in [-0.2, -0.15) is 0 Å². The molecule has 6 nitrogen and oxygen atoms in total. The van der Waals surface area contributed by atoms with Crippen molar-refractivity contribution in [3.05, 3.63) is 34.6 Å². The molecule has 0 radical (unpaired) electrons. The quantitative estimate of drug-likeness (QED) is 0.474. The summed E-state index contributed by atoms with van der Waals surface area (Å²) in [7, 11) is 0. The molecule has 0 bridgehead atoms. The molecule has 1 aromatic carbocycles. The van der Waals surface area contributed by atoms with Gasteiger partial charge in [0.15, 0.2) is 4.34 Å². The number of esters is 1. The highest BCUT2D eigenvalue weighted by Gasteiger charge is 2.14. The molecular formula is C13H11ClFN3O3S2. The van der Waals surface area contributed by atoms with Gasteiger partial charge >= 0.3 is 5.97 Å². The maximum Gasteiger partial charge on any atom is 0.316 e. The first-order chi connectivity index (χ1) is 11.0. The zero-order valence-electron chi connectivity index (χ0n) is 11.8. The third-order valence-electron chi connectivity index (χ3n) is 2.42. The van der Waals surface area contributed by atoms with Gasteiger partial charge in [0.25, 0.3) is 5.91 Å². The summed E-state index contributed by atoms with van der Waals surface area (Å²) in [4.78, 5) is 23.3. The molecule has 0 aliphatic rings. The average Bonchev–Trinajstić information content (AvgIpc) is 2.93. The fourth-order valence-electron chi connectivity index (χ4n) is 1.48. The normalized spacial score (nSPS) is 10.4. The number of hydrogen-bond acceptors (Lipinski definition) is 7. The van der Waals surface area contributed by atoms with Crippen LogP contribution in [0.15, 0.2) is 22.5 Å². The topological polar surface area (TPSA) is 81.2 Å². The van der Waals surface area contributed by atoms with Gasteiger partial charge in [0, 0.05) is 0 Å². The lowest BCUT2D eigenvalue weighted by Crippen LogP contribution is -2.12. The van der Waals surface area contributed by atoms with E-state index < -0.39 is 11.7 Å². The SMILES string of the molecule is CCOC(=O)CSc1nnc(NC(=O)c2ccc(F)cc2Cl)s1. The number of nitrogens with zero attached hydrogens (tertiary/aromatic N) is 2. The smallest absolute Gasteiger partial charge is 0.316 e. The lowest BCUT2D eigenvalue weighted by Gasteiger charge is -2.03. The van der Waals surface area contributed by atoms with Crippen LogP contribution in [0.25, 0.3) is 0 Å². The van der Waals surface area contributed by atoms with Crippen LogP contribution in [0.5, 0.6) is 0 Å². The number of nitrogens with one attached hydrogen (secondary N) is 1. The summed E-state index contributed by atoms with van der Waals surface area (Å²) in [6.07, 6.45) is 0. The Morgan fingerprint density at radius 1 is 1.43 bits per heavy atom. The van der Waals surface area contributed by atoms with Gasteiger partial charge in [0.1, 0.15) is 5.82 Å². The van der Waals surface area contributed by atoms with Crippen molar-refractivity contribution in [1.82, 2.24) is 10.2 Å². The summed E-state index contributed by atoms with van der Waals surface area (Å²) in [5.74, 6) is -1.29. The Kier molecular flexibility index (Phi) is 6.31. The molecule has 0 fully saturated rings. The zero-order chi connectivity index (χ0) is 16.8. The minimum atomic E-state index is -0.528. The van der Waals surface area contributed by atoms with E-state index in [1.165, 1.54) is 6.07 Å². The van der Waals surface area contributed by atoms with Gasteiger partial charge in [-0.25, -0.2) is 4.39 Å². The molecular weight excluding hydrogens is 365 g/mol. The van der Waals surface area contributed by atoms with E-state index in [1.54, 1.807) is 6.92 Å². The average molecular weight is 376 g/mol. The number of carbonyl (C=O) groups is 2. The number of hydrogen-bond donors (Lipinski definition) is 1. The lowest BCUT2D eigenvalue weighted by molar-refractivity contribution is -0.139. The van der Waals surface area contributed by atoms with Gasteiger partial charge in [-0.15, -0.1) is 10.2 Å². The molecule has 0 saturated heterocycles. The zero-order valence-corrected chi connectivity index (χ0v) is 14.2. The van der Waals surface area contributed by atoms with Gasteiger partial charge in [-0.05, 0) is 25.1 Å². The van der Waals surface area contributed by atoms with Crippen molar-refractivity contribution < 1.29 is 18.7 Å². The number of ether oxygens (including phenoxy) is 1. The van der Waals surface area contributed by atoms with Crippen molar-refractivity contribution in [2.24, 2.45) is 0 Å².